The summed E-state index contributed by atoms with van der Waals surface area (Å²) in [4.78, 5) is 13.1. The molecule has 0 spiro atoms. The Morgan fingerprint density at radius 2 is 1.27 bits per heavy atom. The van der Waals surface area contributed by atoms with Gasteiger partial charge in [0.2, 0.25) is 0 Å². The molecule has 3 heteroatoms. The van der Waals surface area contributed by atoms with E-state index in [1.54, 1.807) is 0 Å². The van der Waals surface area contributed by atoms with Gasteiger partial charge in [-0.15, -0.1) is 0 Å². The lowest BCUT2D eigenvalue weighted by Crippen LogP contribution is -2.22. The Morgan fingerprint density at radius 3 is 1.90 bits per heavy atom. The van der Waals surface area contributed by atoms with Crippen LogP contribution in [-0.2, 0) is 16.0 Å². The van der Waals surface area contributed by atoms with E-state index in [0.717, 1.165) is 22.3 Å². The summed E-state index contributed by atoms with van der Waals surface area (Å²) < 4.78 is 5.50. The monoisotopic (exact) mass is 540 g/mol. The number of hydrogen-bond donors (Lipinski definition) is 0. The fourth-order valence-corrected chi connectivity index (χ4v) is 7.44. The summed E-state index contributed by atoms with van der Waals surface area (Å²) in [6.45, 7) is 4.29. The summed E-state index contributed by atoms with van der Waals surface area (Å²) in [6, 6.07) is 46.8. The van der Waals surface area contributed by atoms with E-state index in [4.69, 9.17) is 4.74 Å². The zero-order valence-corrected chi connectivity index (χ0v) is 23.9. The van der Waals surface area contributed by atoms with Gasteiger partial charge in [-0.25, -0.2) is 4.79 Å². The average molecular weight is 541 g/mol. The third kappa shape index (κ3) is 6.47. The Morgan fingerprint density at radius 1 is 0.700 bits per heavy atom. The first-order valence-corrected chi connectivity index (χ1v) is 15.0. The van der Waals surface area contributed by atoms with Gasteiger partial charge in [-0.1, -0.05) is 139 Å². The number of carbonyl (C=O) groups excluding carboxylic acids is 1. The van der Waals surface area contributed by atoms with E-state index >= 15 is 0 Å². The highest BCUT2D eigenvalue weighted by atomic mass is 31.1. The minimum atomic E-state index is -0.795. The molecule has 0 fully saturated rings. The zero-order chi connectivity index (χ0) is 27.7. The SMILES string of the molecule is CCOC(=O)/C(=C/c1ccccc1)Cc1cc(C)ccc1-c1ccccc1P(c1ccccc1)c1ccccc1. The van der Waals surface area contributed by atoms with E-state index in [9.17, 15) is 4.79 Å². The molecule has 0 saturated carbocycles. The third-order valence-electron chi connectivity index (χ3n) is 6.78. The molecular weight excluding hydrogens is 507 g/mol. The molecule has 0 amide bonds. The van der Waals surface area contributed by atoms with Crippen molar-refractivity contribution in [3.63, 3.8) is 0 Å². The third-order valence-corrected chi connectivity index (χ3v) is 9.28. The van der Waals surface area contributed by atoms with Gasteiger partial charge in [0.05, 0.1) is 6.61 Å². The Labute approximate surface area is 238 Å². The molecule has 0 N–H and O–H groups in total. The minimum Gasteiger partial charge on any atom is -0.463 e. The first-order valence-electron chi connectivity index (χ1n) is 13.7. The summed E-state index contributed by atoms with van der Waals surface area (Å²) in [6.07, 6.45) is 2.44. The highest BCUT2D eigenvalue weighted by Crippen LogP contribution is 2.38. The van der Waals surface area contributed by atoms with Crippen LogP contribution in [0.15, 0.2) is 139 Å². The van der Waals surface area contributed by atoms with E-state index < -0.39 is 7.92 Å². The first kappa shape index (κ1) is 27.3. The van der Waals surface area contributed by atoms with Crippen LogP contribution in [0.5, 0.6) is 0 Å². The molecule has 0 aliphatic heterocycles. The van der Waals surface area contributed by atoms with Gasteiger partial charge in [-0.05, 0) is 66.0 Å². The van der Waals surface area contributed by atoms with Gasteiger partial charge < -0.3 is 4.74 Å². The first-order chi connectivity index (χ1) is 19.6. The van der Waals surface area contributed by atoms with Gasteiger partial charge >= 0.3 is 5.97 Å². The van der Waals surface area contributed by atoms with Crippen molar-refractivity contribution in [2.24, 2.45) is 0 Å². The molecule has 0 aliphatic carbocycles. The van der Waals surface area contributed by atoms with Crippen molar-refractivity contribution in [2.45, 2.75) is 20.3 Å². The number of carbonyl (C=O) groups is 1. The molecule has 2 nitrogen and oxygen atoms in total. The molecular formula is C37H33O2P. The molecule has 0 bridgehead atoms. The molecule has 198 valence electrons. The molecule has 0 radical (unpaired) electrons. The summed E-state index contributed by atoms with van der Waals surface area (Å²) in [5.74, 6) is -0.275. The van der Waals surface area contributed by atoms with Crippen molar-refractivity contribution >= 4 is 35.9 Å². The average Bonchev–Trinajstić information content (AvgIpc) is 2.99. The van der Waals surface area contributed by atoms with Gasteiger partial charge in [0.25, 0.3) is 0 Å². The maximum atomic E-state index is 13.1. The quantitative estimate of drug-likeness (QED) is 0.109. The van der Waals surface area contributed by atoms with Crippen molar-refractivity contribution in [1.82, 2.24) is 0 Å². The topological polar surface area (TPSA) is 26.3 Å². The van der Waals surface area contributed by atoms with Crippen LogP contribution in [0.3, 0.4) is 0 Å². The van der Waals surface area contributed by atoms with Crippen molar-refractivity contribution < 1.29 is 9.53 Å². The predicted octanol–water partition coefficient (Wildman–Crippen LogP) is 7.61. The smallest absolute Gasteiger partial charge is 0.334 e. The molecule has 0 unspecified atom stereocenters. The fraction of sp³-hybridized carbons (Fsp3) is 0.108. The highest BCUT2D eigenvalue weighted by molar-refractivity contribution is 7.80. The molecule has 5 rings (SSSR count). The Hall–Kier alpha value is -4.26. The van der Waals surface area contributed by atoms with Crippen molar-refractivity contribution in [3.05, 3.63) is 156 Å². The van der Waals surface area contributed by atoms with Crippen LogP contribution in [0, 0.1) is 6.92 Å². The fourth-order valence-electron chi connectivity index (χ4n) is 4.97. The Bertz CT molecular complexity index is 1550. The lowest BCUT2D eigenvalue weighted by Gasteiger charge is -2.23. The number of ether oxygens (including phenoxy) is 1. The highest BCUT2D eigenvalue weighted by Gasteiger charge is 2.22. The van der Waals surface area contributed by atoms with Crippen LogP contribution in [0.25, 0.3) is 17.2 Å². The van der Waals surface area contributed by atoms with Crippen LogP contribution in [0.4, 0.5) is 0 Å². The minimum absolute atomic E-state index is 0.275. The maximum Gasteiger partial charge on any atom is 0.334 e. The van der Waals surface area contributed by atoms with E-state index in [-0.39, 0.29) is 5.97 Å². The van der Waals surface area contributed by atoms with Gasteiger partial charge in [0.15, 0.2) is 0 Å². The standard InChI is InChI=1S/C37H33O2P/c1-3-39-37(38)31(26-29-15-7-4-8-16-29)27-30-25-28(2)23-24-34(30)35-21-13-14-22-36(35)40(32-17-9-5-10-18-32)33-19-11-6-12-20-33/h4-26H,3,27H2,1-2H3/b31-26+. The molecule has 0 aromatic heterocycles. The second-order valence-electron chi connectivity index (χ2n) is 9.66. The largest absolute Gasteiger partial charge is 0.463 e. The maximum absolute atomic E-state index is 13.1. The number of rotatable bonds is 9. The summed E-state index contributed by atoms with van der Waals surface area (Å²) in [7, 11) is -0.795. The lowest BCUT2D eigenvalue weighted by atomic mass is 9.92. The Kier molecular flexibility index (Phi) is 9.01. The van der Waals surface area contributed by atoms with Crippen LogP contribution < -0.4 is 15.9 Å². The molecule has 0 saturated heterocycles. The lowest BCUT2D eigenvalue weighted by molar-refractivity contribution is -0.138. The Balaban J connectivity index is 1.65. The number of esters is 1. The normalized spacial score (nSPS) is 11.4. The molecule has 0 aliphatic rings. The summed E-state index contributed by atoms with van der Waals surface area (Å²) >= 11 is 0. The van der Waals surface area contributed by atoms with Crippen LogP contribution in [-0.4, -0.2) is 12.6 Å². The number of hydrogen-bond acceptors (Lipinski definition) is 2. The molecule has 5 aromatic carbocycles. The van der Waals surface area contributed by atoms with E-state index in [0.29, 0.717) is 18.6 Å². The van der Waals surface area contributed by atoms with E-state index in [1.165, 1.54) is 21.5 Å². The second kappa shape index (κ2) is 13.2. The molecule has 0 atom stereocenters. The van der Waals surface area contributed by atoms with Crippen LogP contribution in [0.2, 0.25) is 0 Å². The number of aryl methyl sites for hydroxylation is 1. The summed E-state index contributed by atoms with van der Waals surface area (Å²) in [5, 5.41) is 3.91. The van der Waals surface area contributed by atoms with Gasteiger partial charge in [-0.3, -0.25) is 0 Å². The van der Waals surface area contributed by atoms with Crippen molar-refractivity contribution in [2.75, 3.05) is 6.61 Å². The van der Waals surface area contributed by atoms with Crippen LogP contribution >= 0.6 is 7.92 Å². The van der Waals surface area contributed by atoms with E-state index in [1.807, 2.05) is 43.3 Å². The van der Waals surface area contributed by atoms with E-state index in [2.05, 4.69) is 110 Å². The van der Waals surface area contributed by atoms with Crippen molar-refractivity contribution in [1.29, 1.82) is 0 Å². The second-order valence-corrected chi connectivity index (χ2v) is 11.8. The van der Waals surface area contributed by atoms with Gasteiger partial charge in [0, 0.05) is 12.0 Å². The molecule has 0 heterocycles. The van der Waals surface area contributed by atoms with Crippen LogP contribution in [0.1, 0.15) is 23.6 Å². The zero-order valence-electron chi connectivity index (χ0n) is 23.0. The molecule has 40 heavy (non-hydrogen) atoms. The van der Waals surface area contributed by atoms with Crippen molar-refractivity contribution in [3.8, 4) is 11.1 Å². The molecule has 5 aromatic rings. The number of benzene rings is 5. The van der Waals surface area contributed by atoms with Gasteiger partial charge in [0.1, 0.15) is 0 Å². The predicted molar refractivity (Wildman–Crippen MR) is 170 cm³/mol. The summed E-state index contributed by atoms with van der Waals surface area (Å²) in [5.41, 5.74) is 6.23. The van der Waals surface area contributed by atoms with Gasteiger partial charge in [-0.2, -0.15) is 0 Å².